The molecule has 0 amide bonds. The lowest BCUT2D eigenvalue weighted by atomic mass is 10.1. The van der Waals surface area contributed by atoms with Gasteiger partial charge in [-0.2, -0.15) is 0 Å². The van der Waals surface area contributed by atoms with Gasteiger partial charge < -0.3 is 10.4 Å². The zero-order valence-corrected chi connectivity index (χ0v) is 9.27. The van der Waals surface area contributed by atoms with Crippen molar-refractivity contribution in [2.75, 3.05) is 6.54 Å². The summed E-state index contributed by atoms with van der Waals surface area (Å²) in [7, 11) is 0. The van der Waals surface area contributed by atoms with E-state index in [0.29, 0.717) is 5.54 Å². The average molecular weight is 187 g/mol. The summed E-state index contributed by atoms with van der Waals surface area (Å²) in [5, 5.41) is 11.2. The maximum atomic E-state index is 9.60. The lowest BCUT2D eigenvalue weighted by Gasteiger charge is -2.18. The predicted molar refractivity (Wildman–Crippen MR) is 55.9 cm³/mol. The molecule has 0 fully saturated rings. The third-order valence-electron chi connectivity index (χ3n) is 1.07. The Hall–Kier alpha value is -0.830. The second-order valence-corrected chi connectivity index (χ2v) is 3.87. The summed E-state index contributed by atoms with van der Waals surface area (Å²) in [6, 6.07) is 0. The molecule has 0 atom stereocenters. The smallest absolute Gasteiger partial charge is 0.330 e. The van der Waals surface area contributed by atoms with E-state index >= 15 is 0 Å². The number of rotatable bonds is 2. The number of aliphatic carboxylic acids is 1. The first kappa shape index (κ1) is 14.7. The molecule has 0 unspecified atom stereocenters. The minimum absolute atomic E-state index is 0.176. The van der Waals surface area contributed by atoms with Gasteiger partial charge in [-0.25, -0.2) is 4.79 Å². The second kappa shape index (κ2) is 6.66. The largest absolute Gasteiger partial charge is 0.478 e. The minimum Gasteiger partial charge on any atom is -0.478 e. The third-order valence-corrected chi connectivity index (χ3v) is 1.07. The number of carbonyl (C=O) groups is 1. The zero-order valence-electron chi connectivity index (χ0n) is 9.27. The molecule has 0 saturated carbocycles. The molecular weight excluding hydrogens is 166 g/mol. The summed E-state index contributed by atoms with van der Waals surface area (Å²) in [5.74, 6) is -0.935. The Labute approximate surface area is 80.8 Å². The Morgan fingerprint density at radius 3 is 1.77 bits per heavy atom. The SMILES string of the molecule is C=C(C)C(=O)O.CCNC(C)(C)C. The van der Waals surface area contributed by atoms with Crippen LogP contribution in [0.4, 0.5) is 0 Å². The quantitative estimate of drug-likeness (QED) is 0.650. The van der Waals surface area contributed by atoms with Crippen molar-refractivity contribution in [3.05, 3.63) is 12.2 Å². The number of carboxylic acids is 1. The average Bonchev–Trinajstić information content (AvgIpc) is 1.85. The molecule has 13 heavy (non-hydrogen) atoms. The fourth-order valence-electron chi connectivity index (χ4n) is 0.530. The summed E-state index contributed by atoms with van der Waals surface area (Å²) >= 11 is 0. The Morgan fingerprint density at radius 1 is 1.46 bits per heavy atom. The lowest BCUT2D eigenvalue weighted by molar-refractivity contribution is -0.132. The van der Waals surface area contributed by atoms with Crippen LogP contribution < -0.4 is 5.32 Å². The van der Waals surface area contributed by atoms with E-state index < -0.39 is 5.97 Å². The molecule has 0 spiro atoms. The van der Waals surface area contributed by atoms with Gasteiger partial charge in [0.2, 0.25) is 0 Å². The molecule has 0 aliphatic rings. The lowest BCUT2D eigenvalue weighted by Crippen LogP contribution is -2.35. The molecule has 0 aromatic carbocycles. The standard InChI is InChI=1S/C6H15N.C4H6O2/c1-5-7-6(2,3)4;1-3(2)4(5)6/h7H,5H2,1-4H3;1H2,2H3,(H,5,6). The zero-order chi connectivity index (χ0) is 11.1. The highest BCUT2D eigenvalue weighted by Crippen LogP contribution is 1.95. The van der Waals surface area contributed by atoms with Crippen molar-refractivity contribution in [1.82, 2.24) is 5.32 Å². The molecule has 3 heteroatoms. The highest BCUT2D eigenvalue weighted by molar-refractivity contribution is 5.84. The van der Waals surface area contributed by atoms with E-state index in [2.05, 4.69) is 39.6 Å². The molecule has 3 nitrogen and oxygen atoms in total. The van der Waals surface area contributed by atoms with Crippen molar-refractivity contribution in [2.24, 2.45) is 0 Å². The number of hydrogen-bond donors (Lipinski definition) is 2. The van der Waals surface area contributed by atoms with Crippen LogP contribution in [0.25, 0.3) is 0 Å². The molecule has 0 heterocycles. The minimum atomic E-state index is -0.935. The van der Waals surface area contributed by atoms with Crippen molar-refractivity contribution < 1.29 is 9.90 Å². The van der Waals surface area contributed by atoms with Crippen molar-refractivity contribution in [2.45, 2.75) is 40.2 Å². The normalized spacial score (nSPS) is 9.92. The molecule has 2 N–H and O–H groups in total. The molecule has 0 aromatic rings. The van der Waals surface area contributed by atoms with Crippen LogP contribution in [0.2, 0.25) is 0 Å². The van der Waals surface area contributed by atoms with Crippen molar-refractivity contribution in [3.63, 3.8) is 0 Å². The fourth-order valence-corrected chi connectivity index (χ4v) is 0.530. The van der Waals surface area contributed by atoms with Crippen LogP contribution in [0.3, 0.4) is 0 Å². The molecule has 0 bridgehead atoms. The van der Waals surface area contributed by atoms with E-state index in [9.17, 15) is 4.79 Å². The van der Waals surface area contributed by atoms with E-state index in [4.69, 9.17) is 5.11 Å². The van der Waals surface area contributed by atoms with E-state index in [1.54, 1.807) is 0 Å². The van der Waals surface area contributed by atoms with Gasteiger partial charge in [-0.05, 0) is 34.2 Å². The summed E-state index contributed by atoms with van der Waals surface area (Å²) in [6.45, 7) is 14.3. The van der Waals surface area contributed by atoms with E-state index in [1.165, 1.54) is 6.92 Å². The second-order valence-electron chi connectivity index (χ2n) is 3.87. The van der Waals surface area contributed by atoms with Gasteiger partial charge in [0.25, 0.3) is 0 Å². The van der Waals surface area contributed by atoms with Crippen LogP contribution >= 0.6 is 0 Å². The molecule has 0 radical (unpaired) electrons. The number of hydrogen-bond acceptors (Lipinski definition) is 2. The Bertz CT molecular complexity index is 156. The van der Waals surface area contributed by atoms with E-state index in [-0.39, 0.29) is 5.57 Å². The molecule has 78 valence electrons. The van der Waals surface area contributed by atoms with Gasteiger partial charge in [0.05, 0.1) is 0 Å². The first-order valence-corrected chi connectivity index (χ1v) is 4.34. The molecule has 0 rings (SSSR count). The van der Waals surface area contributed by atoms with Gasteiger partial charge in [-0.15, -0.1) is 0 Å². The molecule has 0 aliphatic heterocycles. The maximum Gasteiger partial charge on any atom is 0.330 e. The van der Waals surface area contributed by atoms with Gasteiger partial charge in [-0.3, -0.25) is 0 Å². The predicted octanol–water partition coefficient (Wildman–Crippen LogP) is 2.04. The maximum absolute atomic E-state index is 9.60. The van der Waals surface area contributed by atoms with Crippen molar-refractivity contribution in [3.8, 4) is 0 Å². The first-order chi connectivity index (χ1) is 5.70. The summed E-state index contributed by atoms with van der Waals surface area (Å²) in [4.78, 5) is 9.60. The first-order valence-electron chi connectivity index (χ1n) is 4.34. The van der Waals surface area contributed by atoms with Crippen LogP contribution in [-0.4, -0.2) is 23.2 Å². The summed E-state index contributed by atoms with van der Waals surface area (Å²) in [5.41, 5.74) is 0.476. The number of nitrogens with one attached hydrogen (secondary N) is 1. The van der Waals surface area contributed by atoms with Crippen LogP contribution in [0, 0.1) is 0 Å². The summed E-state index contributed by atoms with van der Waals surface area (Å²) in [6.07, 6.45) is 0. The Morgan fingerprint density at radius 2 is 1.77 bits per heavy atom. The van der Waals surface area contributed by atoms with Crippen LogP contribution in [0.1, 0.15) is 34.6 Å². The van der Waals surface area contributed by atoms with Gasteiger partial charge >= 0.3 is 5.97 Å². The van der Waals surface area contributed by atoms with Gasteiger partial charge in [0.1, 0.15) is 0 Å². The molecular formula is C10H21NO2. The van der Waals surface area contributed by atoms with Crippen LogP contribution in [-0.2, 0) is 4.79 Å². The molecule has 0 aromatic heterocycles. The van der Waals surface area contributed by atoms with Gasteiger partial charge in [0.15, 0.2) is 0 Å². The topological polar surface area (TPSA) is 49.3 Å². The Kier molecular flexibility index (Phi) is 7.52. The van der Waals surface area contributed by atoms with Crippen molar-refractivity contribution >= 4 is 5.97 Å². The Balaban J connectivity index is 0. The van der Waals surface area contributed by atoms with Gasteiger partial charge in [-0.1, -0.05) is 13.5 Å². The van der Waals surface area contributed by atoms with Crippen LogP contribution in [0.15, 0.2) is 12.2 Å². The molecule has 0 saturated heterocycles. The van der Waals surface area contributed by atoms with Crippen molar-refractivity contribution in [1.29, 1.82) is 0 Å². The highest BCUT2D eigenvalue weighted by atomic mass is 16.4. The monoisotopic (exact) mass is 187 g/mol. The van der Waals surface area contributed by atoms with E-state index in [0.717, 1.165) is 6.54 Å². The van der Waals surface area contributed by atoms with E-state index in [1.807, 2.05) is 0 Å². The summed E-state index contributed by atoms with van der Waals surface area (Å²) < 4.78 is 0. The highest BCUT2D eigenvalue weighted by Gasteiger charge is 2.04. The number of carboxylic acid groups (broad SMARTS) is 1. The fraction of sp³-hybridized carbons (Fsp3) is 0.700. The third kappa shape index (κ3) is 18.3. The van der Waals surface area contributed by atoms with Crippen LogP contribution in [0.5, 0.6) is 0 Å². The van der Waals surface area contributed by atoms with Gasteiger partial charge in [0, 0.05) is 11.1 Å². The molecule has 0 aliphatic carbocycles.